The molecule has 1 aliphatic carbocycles. The van der Waals surface area contributed by atoms with Crippen LogP contribution in [0, 0.1) is 0 Å². The van der Waals surface area contributed by atoms with Crippen molar-refractivity contribution in [3.63, 3.8) is 0 Å². The number of aromatic nitrogens is 6. The monoisotopic (exact) mass is 544 g/mol. The number of carboxylic acid groups (broad SMARTS) is 1. The van der Waals surface area contributed by atoms with Crippen molar-refractivity contribution in [2.24, 2.45) is 7.05 Å². The normalized spacial score (nSPS) is 21.9. The molecule has 0 unspecified atom stereocenters. The number of rotatable bonds is 8. The molecule has 3 aliphatic rings. The molecule has 17 heteroatoms. The fourth-order valence-corrected chi connectivity index (χ4v) is 6.38. The number of tetrazole rings is 1. The number of alkyl halides is 3. The van der Waals surface area contributed by atoms with Crippen molar-refractivity contribution in [3.8, 4) is 0 Å². The molecule has 0 spiro atoms. The highest BCUT2D eigenvalue weighted by atomic mass is 32.2. The van der Waals surface area contributed by atoms with E-state index in [1.807, 2.05) is 0 Å². The molecule has 2 aliphatic heterocycles. The van der Waals surface area contributed by atoms with Gasteiger partial charge in [0.05, 0.1) is 0 Å². The van der Waals surface area contributed by atoms with E-state index in [9.17, 15) is 32.7 Å². The summed E-state index contributed by atoms with van der Waals surface area (Å²) in [6.45, 7) is -0.474. The Morgan fingerprint density at radius 3 is 2.69 bits per heavy atom. The molecule has 0 radical (unpaired) electrons. The van der Waals surface area contributed by atoms with Gasteiger partial charge in [-0.15, -0.1) is 16.9 Å². The summed E-state index contributed by atoms with van der Waals surface area (Å²) < 4.78 is 41.8. The molecular weight excluding hydrogens is 525 g/mol. The molecule has 0 bridgehead atoms. The first-order valence-corrected chi connectivity index (χ1v) is 12.8. The number of thioether (sulfide) groups is 2. The van der Waals surface area contributed by atoms with Crippen molar-refractivity contribution in [1.29, 1.82) is 0 Å². The number of carbonyl (C=O) groups excluding carboxylic acids is 2. The van der Waals surface area contributed by atoms with E-state index in [1.54, 1.807) is 7.05 Å². The van der Waals surface area contributed by atoms with Crippen LogP contribution in [0.2, 0.25) is 0 Å². The molecule has 192 valence electrons. The van der Waals surface area contributed by atoms with E-state index < -0.39 is 47.6 Å². The minimum atomic E-state index is -4.63. The average Bonchev–Trinajstić information content (AvgIpc) is 3.44. The largest absolute Gasteiger partial charge is 0.477 e. The summed E-state index contributed by atoms with van der Waals surface area (Å²) in [5.74, 6) is -2.06. The summed E-state index contributed by atoms with van der Waals surface area (Å²) in [5, 5.41) is 26.8. The number of fused-ring (bicyclic) bond motifs is 1. The Morgan fingerprint density at radius 1 is 1.33 bits per heavy atom. The third-order valence-corrected chi connectivity index (χ3v) is 8.35. The van der Waals surface area contributed by atoms with Gasteiger partial charge < -0.3 is 10.4 Å². The highest BCUT2D eigenvalue weighted by molar-refractivity contribution is 8.01. The van der Waals surface area contributed by atoms with E-state index in [4.69, 9.17) is 0 Å². The molecule has 4 heterocycles. The van der Waals surface area contributed by atoms with Gasteiger partial charge >= 0.3 is 12.1 Å². The molecule has 2 aromatic heterocycles. The fourth-order valence-electron chi connectivity index (χ4n) is 4.05. The highest BCUT2D eigenvalue weighted by Gasteiger charge is 2.54. The minimum Gasteiger partial charge on any atom is -0.477 e. The molecule has 12 nitrogen and oxygen atoms in total. The van der Waals surface area contributed by atoms with Crippen LogP contribution in [-0.4, -0.2) is 80.7 Å². The number of hydrogen-bond donors (Lipinski definition) is 2. The maximum Gasteiger partial charge on any atom is 0.435 e. The number of hydrogen-bond acceptors (Lipinski definition) is 9. The quantitative estimate of drug-likeness (QED) is 0.362. The summed E-state index contributed by atoms with van der Waals surface area (Å²) >= 11 is 2.53. The Kier molecular flexibility index (Phi) is 6.22. The minimum absolute atomic E-state index is 0.0759. The maximum atomic E-state index is 13.1. The standard InChI is InChI=1S/C19H19F3N8O4S2/c1-28-18(24-26-27-28)36-7-9-6-35-16-13(15(32)30(16)14(9)17(33)34)23-12(31)5-29-10(8-2-3-8)4-11(25-29)19(20,21)22/h4,8,13,16H,2-3,5-7H2,1H3,(H,23,31)(H,33,34)/t13-,16-/m0/s1. The van der Waals surface area contributed by atoms with E-state index >= 15 is 0 Å². The van der Waals surface area contributed by atoms with Crippen LogP contribution in [0.25, 0.3) is 0 Å². The molecule has 5 rings (SSSR count). The average molecular weight is 545 g/mol. The van der Waals surface area contributed by atoms with Crippen molar-refractivity contribution < 1.29 is 32.7 Å². The van der Waals surface area contributed by atoms with Crippen molar-refractivity contribution in [3.05, 3.63) is 28.7 Å². The first-order chi connectivity index (χ1) is 17.0. The summed E-state index contributed by atoms with van der Waals surface area (Å²) in [7, 11) is 1.65. The number of nitrogens with zero attached hydrogens (tertiary/aromatic N) is 7. The predicted octanol–water partition coefficient (Wildman–Crippen LogP) is 0.834. The third-order valence-electron chi connectivity index (χ3n) is 5.91. The van der Waals surface area contributed by atoms with Gasteiger partial charge in [-0.05, 0) is 34.9 Å². The second-order valence-electron chi connectivity index (χ2n) is 8.47. The van der Waals surface area contributed by atoms with Gasteiger partial charge in [0.25, 0.3) is 5.91 Å². The number of halogens is 3. The maximum absolute atomic E-state index is 13.1. The van der Waals surface area contributed by atoms with Crippen LogP contribution in [0.3, 0.4) is 0 Å². The van der Waals surface area contributed by atoms with E-state index in [2.05, 4.69) is 25.9 Å². The van der Waals surface area contributed by atoms with Crippen LogP contribution in [0.15, 0.2) is 22.5 Å². The lowest BCUT2D eigenvalue weighted by Crippen LogP contribution is -2.70. The zero-order valence-electron chi connectivity index (χ0n) is 18.6. The van der Waals surface area contributed by atoms with Crippen LogP contribution in [-0.2, 0) is 34.2 Å². The number of nitrogens with one attached hydrogen (secondary N) is 1. The zero-order chi connectivity index (χ0) is 25.8. The molecule has 2 atom stereocenters. The molecule has 36 heavy (non-hydrogen) atoms. The lowest BCUT2D eigenvalue weighted by Gasteiger charge is -2.49. The van der Waals surface area contributed by atoms with Crippen molar-refractivity contribution in [2.45, 2.75) is 48.1 Å². The Balaban J connectivity index is 1.26. The Labute approximate surface area is 209 Å². The molecular formula is C19H19F3N8O4S2. The van der Waals surface area contributed by atoms with Crippen LogP contribution >= 0.6 is 23.5 Å². The number of carboxylic acids is 1. The molecule has 2 aromatic rings. The summed E-state index contributed by atoms with van der Waals surface area (Å²) in [5.41, 5.74) is -0.359. The molecule has 2 amide bonds. The first-order valence-electron chi connectivity index (χ1n) is 10.7. The Hall–Kier alpha value is -3.08. The van der Waals surface area contributed by atoms with Crippen molar-refractivity contribution in [1.82, 2.24) is 40.2 Å². The van der Waals surface area contributed by atoms with E-state index in [-0.39, 0.29) is 17.4 Å². The van der Waals surface area contributed by atoms with Gasteiger partial charge in [-0.1, -0.05) is 11.8 Å². The second kappa shape index (κ2) is 9.10. The van der Waals surface area contributed by atoms with Gasteiger partial charge in [-0.3, -0.25) is 19.2 Å². The van der Waals surface area contributed by atoms with Crippen molar-refractivity contribution in [2.75, 3.05) is 11.5 Å². The topological polar surface area (TPSA) is 148 Å². The first kappa shape index (κ1) is 24.6. The van der Waals surface area contributed by atoms with Crippen LogP contribution < -0.4 is 5.32 Å². The van der Waals surface area contributed by atoms with Crippen LogP contribution in [0.5, 0.6) is 0 Å². The smallest absolute Gasteiger partial charge is 0.435 e. The molecule has 0 aromatic carbocycles. The lowest BCUT2D eigenvalue weighted by atomic mass is 10.0. The highest BCUT2D eigenvalue weighted by Crippen LogP contribution is 2.43. The van der Waals surface area contributed by atoms with Crippen LogP contribution in [0.1, 0.15) is 30.1 Å². The third kappa shape index (κ3) is 4.56. The Bertz CT molecular complexity index is 1270. The summed E-state index contributed by atoms with van der Waals surface area (Å²) in [6.07, 6.45) is -3.19. The second-order valence-corrected chi connectivity index (χ2v) is 10.5. The van der Waals surface area contributed by atoms with Crippen molar-refractivity contribution >= 4 is 41.3 Å². The number of β-lactam (4-membered cyclic amide) rings is 1. The summed E-state index contributed by atoms with van der Waals surface area (Å²) in [6, 6.07) is -0.0327. The van der Waals surface area contributed by atoms with E-state index in [0.29, 0.717) is 22.2 Å². The lowest BCUT2D eigenvalue weighted by molar-refractivity contribution is -0.150. The van der Waals surface area contributed by atoms with E-state index in [1.165, 1.54) is 28.2 Å². The SMILES string of the molecule is Cn1nnnc1SCC1=C(C(=O)O)N2C(=O)[C@H](NC(=O)Cn3nc(C(F)(F)F)cc3C3CC3)[C@@H]2SC1. The van der Waals surface area contributed by atoms with Gasteiger partial charge in [0.2, 0.25) is 11.1 Å². The van der Waals surface area contributed by atoms with Gasteiger partial charge in [-0.25, -0.2) is 9.48 Å². The molecule has 1 saturated heterocycles. The number of aliphatic carboxylic acids is 1. The van der Waals surface area contributed by atoms with Gasteiger partial charge in [0.15, 0.2) is 5.69 Å². The fraction of sp³-hybridized carbons (Fsp3) is 0.526. The number of carbonyl (C=O) groups is 3. The van der Waals surface area contributed by atoms with E-state index in [0.717, 1.165) is 28.5 Å². The molecule has 2 fully saturated rings. The van der Waals surface area contributed by atoms with Gasteiger partial charge in [0.1, 0.15) is 23.7 Å². The number of amides is 2. The van der Waals surface area contributed by atoms with Gasteiger partial charge in [-0.2, -0.15) is 18.3 Å². The Morgan fingerprint density at radius 2 is 2.08 bits per heavy atom. The molecule has 2 N–H and O–H groups in total. The molecule has 1 saturated carbocycles. The number of aryl methyl sites for hydroxylation is 1. The predicted molar refractivity (Wildman–Crippen MR) is 118 cm³/mol. The van der Waals surface area contributed by atoms with Crippen LogP contribution in [0.4, 0.5) is 13.2 Å². The summed E-state index contributed by atoms with van der Waals surface area (Å²) in [4.78, 5) is 38.6. The zero-order valence-corrected chi connectivity index (χ0v) is 20.2. The van der Waals surface area contributed by atoms with Gasteiger partial charge in [0, 0.05) is 30.2 Å².